The average molecular weight is 516 g/mol. The second-order valence-corrected chi connectivity index (χ2v) is 8.22. The summed E-state index contributed by atoms with van der Waals surface area (Å²) < 4.78 is 5.77. The first kappa shape index (κ1) is 22.8. The number of fused-ring (bicyclic) bond motifs is 3. The molecule has 164 valence electrons. The number of piperazine rings is 3. The fourth-order valence-corrected chi connectivity index (χ4v) is 4.75. The molecular weight excluding hydrogens is 479 g/mol. The van der Waals surface area contributed by atoms with E-state index in [1.165, 1.54) is 52.0 Å². The number of guanidine groups is 1. The lowest BCUT2D eigenvalue weighted by atomic mass is 10.1. The monoisotopic (exact) mass is 516 g/mol. The molecule has 5 rings (SSSR count). The first-order valence-corrected chi connectivity index (χ1v) is 11.1. The van der Waals surface area contributed by atoms with Gasteiger partial charge in [0.2, 0.25) is 0 Å². The van der Waals surface area contributed by atoms with Crippen molar-refractivity contribution in [3.63, 3.8) is 0 Å². The first-order chi connectivity index (χ1) is 13.8. The van der Waals surface area contributed by atoms with Crippen LogP contribution in [0.25, 0.3) is 0 Å². The standard InChI is InChI=1S/C21H36N6O.HI/c1-2-22-21(23-15-18-17-25-10-12-26(18)13-11-25)24-16-19(20-7-6-14-28-20)27-8-4-3-5-9-27;/h6-7,14,18-19H,2-5,8-13,15-17H2,1H3,(H2,22,23,24);1H. The number of piperidine rings is 1. The third-order valence-corrected chi connectivity index (χ3v) is 6.37. The Morgan fingerprint density at radius 2 is 1.93 bits per heavy atom. The number of aliphatic imine (C=N–C) groups is 1. The highest BCUT2D eigenvalue weighted by Gasteiger charge is 2.31. The second-order valence-electron chi connectivity index (χ2n) is 8.22. The molecule has 1 aromatic rings. The summed E-state index contributed by atoms with van der Waals surface area (Å²) in [6.07, 6.45) is 5.66. The number of halogens is 1. The van der Waals surface area contributed by atoms with E-state index in [-0.39, 0.29) is 30.0 Å². The van der Waals surface area contributed by atoms with Gasteiger partial charge in [-0.3, -0.25) is 19.7 Å². The molecule has 4 saturated heterocycles. The van der Waals surface area contributed by atoms with E-state index in [0.29, 0.717) is 6.04 Å². The van der Waals surface area contributed by atoms with Crippen molar-refractivity contribution in [2.24, 2.45) is 4.99 Å². The summed E-state index contributed by atoms with van der Waals surface area (Å²) >= 11 is 0. The molecule has 0 saturated carbocycles. The van der Waals surface area contributed by atoms with E-state index in [1.54, 1.807) is 6.26 Å². The Morgan fingerprint density at radius 1 is 1.14 bits per heavy atom. The van der Waals surface area contributed by atoms with Gasteiger partial charge in [-0.15, -0.1) is 24.0 Å². The normalized spacial score (nSPS) is 28.6. The Bertz CT molecular complexity index is 611. The fraction of sp³-hybridized carbons (Fsp3) is 0.762. The van der Waals surface area contributed by atoms with Crippen LogP contribution in [0.3, 0.4) is 0 Å². The number of nitrogens with zero attached hydrogens (tertiary/aromatic N) is 4. The van der Waals surface area contributed by atoms with E-state index in [4.69, 9.17) is 9.41 Å². The number of rotatable bonds is 7. The van der Waals surface area contributed by atoms with Crippen molar-refractivity contribution in [2.75, 3.05) is 65.4 Å². The van der Waals surface area contributed by atoms with Gasteiger partial charge < -0.3 is 15.1 Å². The van der Waals surface area contributed by atoms with Gasteiger partial charge in [-0.25, -0.2) is 0 Å². The summed E-state index contributed by atoms with van der Waals surface area (Å²) in [5, 5.41) is 7.03. The molecule has 0 amide bonds. The minimum absolute atomic E-state index is 0. The molecule has 2 N–H and O–H groups in total. The number of nitrogens with one attached hydrogen (secondary N) is 2. The highest BCUT2D eigenvalue weighted by molar-refractivity contribution is 14.0. The van der Waals surface area contributed by atoms with Gasteiger partial charge >= 0.3 is 0 Å². The smallest absolute Gasteiger partial charge is 0.191 e. The van der Waals surface area contributed by atoms with Gasteiger partial charge in [-0.2, -0.15) is 0 Å². The molecule has 2 atom stereocenters. The van der Waals surface area contributed by atoms with E-state index in [1.807, 2.05) is 6.07 Å². The molecule has 7 nitrogen and oxygen atoms in total. The maximum atomic E-state index is 5.77. The van der Waals surface area contributed by atoms with Crippen LogP contribution in [-0.4, -0.2) is 92.1 Å². The van der Waals surface area contributed by atoms with E-state index in [0.717, 1.165) is 44.4 Å². The number of furan rings is 1. The Kier molecular flexibility index (Phi) is 9.08. The van der Waals surface area contributed by atoms with Crippen LogP contribution in [0.2, 0.25) is 0 Å². The SMILES string of the molecule is CCNC(=NCC(c1ccco1)N1CCCCC1)NCC1CN2CCN1CC2.I. The largest absolute Gasteiger partial charge is 0.468 e. The molecular formula is C21H37IN6O. The summed E-state index contributed by atoms with van der Waals surface area (Å²) in [6.45, 7) is 13.0. The molecule has 4 fully saturated rings. The van der Waals surface area contributed by atoms with Crippen LogP contribution in [0.4, 0.5) is 0 Å². The lowest BCUT2D eigenvalue weighted by molar-refractivity contribution is 0.0154. The summed E-state index contributed by atoms with van der Waals surface area (Å²) in [4.78, 5) is 12.7. The van der Waals surface area contributed by atoms with E-state index >= 15 is 0 Å². The third-order valence-electron chi connectivity index (χ3n) is 6.37. The Balaban J connectivity index is 0.00000240. The topological polar surface area (TPSA) is 59.3 Å². The predicted molar refractivity (Wildman–Crippen MR) is 128 cm³/mol. The lowest BCUT2D eigenvalue weighted by Crippen LogP contribution is -2.63. The summed E-state index contributed by atoms with van der Waals surface area (Å²) in [7, 11) is 0. The molecule has 29 heavy (non-hydrogen) atoms. The molecule has 0 radical (unpaired) electrons. The van der Waals surface area contributed by atoms with Crippen LogP contribution >= 0.6 is 24.0 Å². The summed E-state index contributed by atoms with van der Waals surface area (Å²) in [5.74, 6) is 1.96. The summed E-state index contributed by atoms with van der Waals surface area (Å²) in [6, 6.07) is 4.90. The number of hydrogen-bond donors (Lipinski definition) is 2. The van der Waals surface area contributed by atoms with E-state index in [9.17, 15) is 0 Å². The van der Waals surface area contributed by atoms with Crippen LogP contribution in [0.5, 0.6) is 0 Å². The molecule has 8 heteroatoms. The van der Waals surface area contributed by atoms with Crippen molar-refractivity contribution in [2.45, 2.75) is 38.3 Å². The molecule has 0 spiro atoms. The van der Waals surface area contributed by atoms with Crippen LogP contribution in [-0.2, 0) is 0 Å². The first-order valence-electron chi connectivity index (χ1n) is 11.1. The molecule has 0 aromatic carbocycles. The fourth-order valence-electron chi connectivity index (χ4n) is 4.75. The van der Waals surface area contributed by atoms with Gasteiger partial charge in [0.05, 0.1) is 18.8 Å². The maximum Gasteiger partial charge on any atom is 0.191 e. The second kappa shape index (κ2) is 11.5. The van der Waals surface area contributed by atoms with E-state index in [2.05, 4.69) is 38.3 Å². The van der Waals surface area contributed by atoms with E-state index < -0.39 is 0 Å². The quantitative estimate of drug-likeness (QED) is 0.329. The number of hydrogen-bond acceptors (Lipinski definition) is 5. The van der Waals surface area contributed by atoms with Gasteiger partial charge in [-0.1, -0.05) is 6.42 Å². The van der Waals surface area contributed by atoms with Crippen LogP contribution < -0.4 is 10.6 Å². The number of likely N-dealkylation sites (tertiary alicyclic amines) is 1. The van der Waals surface area contributed by atoms with Gasteiger partial charge in [-0.05, 0) is 45.0 Å². The molecule has 0 aliphatic carbocycles. The van der Waals surface area contributed by atoms with Gasteiger partial charge in [0.1, 0.15) is 5.76 Å². The Labute approximate surface area is 192 Å². The molecule has 4 aliphatic rings. The van der Waals surface area contributed by atoms with Crippen molar-refractivity contribution in [3.8, 4) is 0 Å². The van der Waals surface area contributed by atoms with Gasteiger partial charge in [0.15, 0.2) is 5.96 Å². The molecule has 2 unspecified atom stereocenters. The highest BCUT2D eigenvalue weighted by atomic mass is 127. The maximum absolute atomic E-state index is 5.77. The zero-order valence-corrected chi connectivity index (χ0v) is 20.0. The molecule has 5 heterocycles. The Hall–Kier alpha value is -0.840. The van der Waals surface area contributed by atoms with Crippen molar-refractivity contribution < 1.29 is 4.42 Å². The van der Waals surface area contributed by atoms with Crippen LogP contribution in [0, 0.1) is 0 Å². The molecule has 1 aromatic heterocycles. The predicted octanol–water partition coefficient (Wildman–Crippen LogP) is 1.98. The van der Waals surface area contributed by atoms with Crippen molar-refractivity contribution in [1.82, 2.24) is 25.3 Å². The zero-order chi connectivity index (χ0) is 19.2. The lowest BCUT2D eigenvalue weighted by Gasteiger charge is -2.47. The minimum atomic E-state index is 0. The van der Waals surface area contributed by atoms with Crippen LogP contribution in [0.15, 0.2) is 27.8 Å². The summed E-state index contributed by atoms with van der Waals surface area (Å²) in [5.41, 5.74) is 0. The molecule has 4 aliphatic heterocycles. The molecule has 2 bridgehead atoms. The Morgan fingerprint density at radius 3 is 2.55 bits per heavy atom. The van der Waals surface area contributed by atoms with Crippen molar-refractivity contribution >= 4 is 29.9 Å². The van der Waals surface area contributed by atoms with Crippen molar-refractivity contribution in [1.29, 1.82) is 0 Å². The average Bonchev–Trinajstić information content (AvgIpc) is 3.28. The zero-order valence-electron chi connectivity index (χ0n) is 17.7. The van der Waals surface area contributed by atoms with Gasteiger partial charge in [0.25, 0.3) is 0 Å². The minimum Gasteiger partial charge on any atom is -0.468 e. The van der Waals surface area contributed by atoms with Crippen molar-refractivity contribution in [3.05, 3.63) is 24.2 Å². The van der Waals surface area contributed by atoms with Gasteiger partial charge in [0, 0.05) is 51.9 Å². The van der Waals surface area contributed by atoms with Crippen LogP contribution in [0.1, 0.15) is 38.0 Å². The highest BCUT2D eigenvalue weighted by Crippen LogP contribution is 2.25. The third kappa shape index (κ3) is 6.08.